The summed E-state index contributed by atoms with van der Waals surface area (Å²) in [5.41, 5.74) is 0.923. The molecule has 1 amide bonds. The van der Waals surface area contributed by atoms with Gasteiger partial charge in [0, 0.05) is 32.0 Å². The van der Waals surface area contributed by atoms with Gasteiger partial charge in [0.05, 0.1) is 17.8 Å². The molecule has 0 bridgehead atoms. The first-order valence-corrected chi connectivity index (χ1v) is 9.00. The van der Waals surface area contributed by atoms with E-state index >= 15 is 0 Å². The number of β-amino-alcohol motifs (C(OH)–C–C–N with tert-alkyl or cyclic N) is 1. The van der Waals surface area contributed by atoms with Gasteiger partial charge in [-0.25, -0.2) is 4.98 Å². The molecule has 1 atom stereocenters. The lowest BCUT2D eigenvalue weighted by molar-refractivity contribution is -0.134. The summed E-state index contributed by atoms with van der Waals surface area (Å²) in [4.78, 5) is 20.6. The maximum atomic E-state index is 12.6. The summed E-state index contributed by atoms with van der Waals surface area (Å²) >= 11 is 0. The molecule has 0 radical (unpaired) electrons. The molecule has 0 saturated carbocycles. The topological polar surface area (TPSA) is 74.5 Å². The first-order valence-electron chi connectivity index (χ1n) is 9.00. The van der Waals surface area contributed by atoms with Crippen LogP contribution in [0.1, 0.15) is 24.2 Å². The number of aromatic nitrogens is 3. The summed E-state index contributed by atoms with van der Waals surface area (Å²) in [5, 5.41) is 15.4. The fourth-order valence-corrected chi connectivity index (χ4v) is 3.59. The number of carbonyl (C=O) groups is 1. The molecule has 140 valence electrons. The predicted octanol–water partition coefficient (Wildman–Crippen LogP) is 1.38. The standard InChI is InChI=1S/C19H27N5O2/c1-15-11-16(2)24(21-15)12-18(25)22(3)13-19(26)8-6-10-23(14-19)17-7-4-5-9-20-17/h4-5,7,9,11,26H,6,8,10,12-14H2,1-3H3. The Bertz CT molecular complexity index is 761. The Morgan fingerprint density at radius 2 is 2.19 bits per heavy atom. The molecule has 3 rings (SSSR count). The second-order valence-corrected chi connectivity index (χ2v) is 7.27. The van der Waals surface area contributed by atoms with Gasteiger partial charge in [0.1, 0.15) is 12.4 Å². The lowest BCUT2D eigenvalue weighted by Gasteiger charge is -2.41. The summed E-state index contributed by atoms with van der Waals surface area (Å²) in [7, 11) is 1.74. The van der Waals surface area contributed by atoms with E-state index in [-0.39, 0.29) is 12.5 Å². The van der Waals surface area contributed by atoms with Crippen LogP contribution in [-0.4, -0.2) is 63.0 Å². The van der Waals surface area contributed by atoms with Gasteiger partial charge in [0.15, 0.2) is 0 Å². The molecule has 1 aliphatic heterocycles. The van der Waals surface area contributed by atoms with Crippen LogP contribution in [0.5, 0.6) is 0 Å². The van der Waals surface area contributed by atoms with Crippen LogP contribution in [0.15, 0.2) is 30.5 Å². The Hall–Kier alpha value is -2.41. The molecule has 3 heterocycles. The summed E-state index contributed by atoms with van der Waals surface area (Å²) in [6.45, 7) is 5.68. The Kier molecular flexibility index (Phi) is 5.27. The SMILES string of the molecule is Cc1cc(C)n(CC(=O)N(C)CC2(O)CCCN(c3ccccn3)C2)n1. The molecule has 1 saturated heterocycles. The van der Waals surface area contributed by atoms with Crippen molar-refractivity contribution in [2.45, 2.75) is 38.8 Å². The van der Waals surface area contributed by atoms with Crippen molar-refractivity contribution in [3.8, 4) is 0 Å². The average Bonchev–Trinajstić information content (AvgIpc) is 2.92. The molecule has 0 aliphatic carbocycles. The van der Waals surface area contributed by atoms with Crippen molar-refractivity contribution in [3.05, 3.63) is 41.9 Å². The van der Waals surface area contributed by atoms with E-state index in [0.29, 0.717) is 19.5 Å². The van der Waals surface area contributed by atoms with Crippen molar-refractivity contribution < 1.29 is 9.90 Å². The maximum Gasteiger partial charge on any atom is 0.244 e. The van der Waals surface area contributed by atoms with E-state index < -0.39 is 5.60 Å². The van der Waals surface area contributed by atoms with Crippen LogP contribution in [0.25, 0.3) is 0 Å². The molecule has 1 fully saturated rings. The van der Waals surface area contributed by atoms with Gasteiger partial charge in [-0.1, -0.05) is 6.07 Å². The monoisotopic (exact) mass is 357 g/mol. The van der Waals surface area contributed by atoms with Crippen molar-refractivity contribution in [2.75, 3.05) is 31.6 Å². The number of aliphatic hydroxyl groups is 1. The molecule has 0 aromatic carbocycles. The highest BCUT2D eigenvalue weighted by molar-refractivity contribution is 5.75. The number of nitrogens with zero attached hydrogens (tertiary/aromatic N) is 5. The number of carbonyl (C=O) groups excluding carboxylic acids is 1. The number of aryl methyl sites for hydroxylation is 2. The van der Waals surface area contributed by atoms with E-state index in [1.807, 2.05) is 38.1 Å². The fourth-order valence-electron chi connectivity index (χ4n) is 3.59. The lowest BCUT2D eigenvalue weighted by Crippen LogP contribution is -2.55. The molecule has 2 aromatic rings. The van der Waals surface area contributed by atoms with E-state index in [0.717, 1.165) is 30.2 Å². The van der Waals surface area contributed by atoms with E-state index in [1.165, 1.54) is 0 Å². The molecule has 1 aliphatic rings. The number of hydrogen-bond donors (Lipinski definition) is 1. The zero-order valence-electron chi connectivity index (χ0n) is 15.7. The summed E-state index contributed by atoms with van der Waals surface area (Å²) < 4.78 is 1.71. The molecule has 1 N–H and O–H groups in total. The van der Waals surface area contributed by atoms with Gasteiger partial charge < -0.3 is 14.9 Å². The highest BCUT2D eigenvalue weighted by Crippen LogP contribution is 2.25. The van der Waals surface area contributed by atoms with E-state index in [4.69, 9.17) is 0 Å². The smallest absolute Gasteiger partial charge is 0.244 e. The minimum atomic E-state index is -0.935. The largest absolute Gasteiger partial charge is 0.386 e. The number of anilines is 1. The molecule has 1 unspecified atom stereocenters. The summed E-state index contributed by atoms with van der Waals surface area (Å²) in [6.07, 6.45) is 3.30. The summed E-state index contributed by atoms with van der Waals surface area (Å²) in [5.74, 6) is 0.807. The second kappa shape index (κ2) is 7.45. The van der Waals surface area contributed by atoms with Crippen LogP contribution in [0.2, 0.25) is 0 Å². The number of piperidine rings is 1. The summed E-state index contributed by atoms with van der Waals surface area (Å²) in [6, 6.07) is 7.72. The van der Waals surface area contributed by atoms with Crippen molar-refractivity contribution >= 4 is 11.7 Å². The quantitative estimate of drug-likeness (QED) is 0.875. The molecule has 26 heavy (non-hydrogen) atoms. The van der Waals surface area contributed by atoms with Gasteiger partial charge in [0.25, 0.3) is 0 Å². The van der Waals surface area contributed by atoms with Gasteiger partial charge in [-0.15, -0.1) is 0 Å². The molecular weight excluding hydrogens is 330 g/mol. The fraction of sp³-hybridized carbons (Fsp3) is 0.526. The number of pyridine rings is 1. The van der Waals surface area contributed by atoms with Crippen molar-refractivity contribution in [2.24, 2.45) is 0 Å². The van der Waals surface area contributed by atoms with Gasteiger partial charge in [0.2, 0.25) is 5.91 Å². The Labute approximate surface area is 154 Å². The minimum Gasteiger partial charge on any atom is -0.386 e. The molecule has 7 nitrogen and oxygen atoms in total. The van der Waals surface area contributed by atoms with E-state index in [2.05, 4.69) is 15.0 Å². The maximum absolute atomic E-state index is 12.6. The van der Waals surface area contributed by atoms with Crippen molar-refractivity contribution in [3.63, 3.8) is 0 Å². The predicted molar refractivity (Wildman–Crippen MR) is 100.0 cm³/mol. The molecular formula is C19H27N5O2. The highest BCUT2D eigenvalue weighted by atomic mass is 16.3. The van der Waals surface area contributed by atoms with Crippen LogP contribution in [0.3, 0.4) is 0 Å². The van der Waals surface area contributed by atoms with Crippen LogP contribution in [0, 0.1) is 13.8 Å². The average molecular weight is 357 g/mol. The first kappa shape index (κ1) is 18.4. The number of amides is 1. The molecule has 7 heteroatoms. The van der Waals surface area contributed by atoms with Crippen LogP contribution in [-0.2, 0) is 11.3 Å². The number of hydrogen-bond acceptors (Lipinski definition) is 5. The number of likely N-dealkylation sites (N-methyl/N-ethyl adjacent to an activating group) is 1. The van der Waals surface area contributed by atoms with Gasteiger partial charge in [-0.3, -0.25) is 9.48 Å². The molecule has 0 spiro atoms. The third-order valence-corrected chi connectivity index (χ3v) is 4.87. The Morgan fingerprint density at radius 3 is 2.85 bits per heavy atom. The third kappa shape index (κ3) is 4.22. The Morgan fingerprint density at radius 1 is 1.38 bits per heavy atom. The van der Waals surface area contributed by atoms with Crippen LogP contribution >= 0.6 is 0 Å². The number of rotatable bonds is 5. The van der Waals surface area contributed by atoms with Gasteiger partial charge in [-0.2, -0.15) is 5.10 Å². The Balaban J connectivity index is 1.62. The van der Waals surface area contributed by atoms with Crippen molar-refractivity contribution in [1.82, 2.24) is 19.7 Å². The zero-order valence-corrected chi connectivity index (χ0v) is 15.7. The van der Waals surface area contributed by atoms with Crippen molar-refractivity contribution in [1.29, 1.82) is 0 Å². The third-order valence-electron chi connectivity index (χ3n) is 4.87. The molecule has 2 aromatic heterocycles. The van der Waals surface area contributed by atoms with Crippen LogP contribution in [0.4, 0.5) is 5.82 Å². The van der Waals surface area contributed by atoms with E-state index in [9.17, 15) is 9.90 Å². The normalized spacial score (nSPS) is 20.2. The van der Waals surface area contributed by atoms with Crippen LogP contribution < -0.4 is 4.90 Å². The van der Waals surface area contributed by atoms with Gasteiger partial charge in [-0.05, 0) is 44.9 Å². The lowest BCUT2D eigenvalue weighted by atomic mass is 9.92. The first-order chi connectivity index (χ1) is 12.4. The minimum absolute atomic E-state index is 0.0559. The van der Waals surface area contributed by atoms with Gasteiger partial charge >= 0.3 is 0 Å². The second-order valence-electron chi connectivity index (χ2n) is 7.27. The highest BCUT2D eigenvalue weighted by Gasteiger charge is 2.35. The zero-order chi connectivity index (χ0) is 18.7. The van der Waals surface area contributed by atoms with E-state index in [1.54, 1.807) is 22.8 Å².